The van der Waals surface area contributed by atoms with E-state index in [-0.39, 0.29) is 0 Å². The van der Waals surface area contributed by atoms with Crippen LogP contribution in [0.4, 0.5) is 0 Å². The lowest BCUT2D eigenvalue weighted by Crippen LogP contribution is -2.42. The lowest BCUT2D eigenvalue weighted by Gasteiger charge is -2.25. The van der Waals surface area contributed by atoms with Gasteiger partial charge in [-0.1, -0.05) is 4.41 Å². The highest BCUT2D eigenvalue weighted by Crippen LogP contribution is 2.15. The van der Waals surface area contributed by atoms with Crippen LogP contribution in [-0.2, 0) is 22.7 Å². The molecule has 0 aliphatic carbocycles. The van der Waals surface area contributed by atoms with Gasteiger partial charge in [0, 0.05) is 4.41 Å². The van der Waals surface area contributed by atoms with Gasteiger partial charge in [0.1, 0.15) is 12.5 Å². The quantitative estimate of drug-likeness (QED) is 0.562. The maximum absolute atomic E-state index is 11.0. The number of hydrogen-bond acceptors (Lipinski definition) is 4. The zero-order valence-electron chi connectivity index (χ0n) is 6.39. The molecule has 1 rings (SSSR count). The van der Waals surface area contributed by atoms with E-state index in [1.165, 1.54) is 8.83 Å². The Bertz CT molecular complexity index is 163. The Morgan fingerprint density at radius 1 is 1.27 bits per heavy atom. The first-order valence-corrected chi connectivity index (χ1v) is 6.06. The Hall–Kier alpha value is 0.120. The van der Waals surface area contributed by atoms with E-state index in [2.05, 4.69) is 0 Å². The molecule has 4 nitrogen and oxygen atoms in total. The van der Waals surface area contributed by atoms with Crippen LogP contribution in [0.3, 0.4) is 0 Å². The number of nitrogens with zero attached hydrogens (tertiary/aromatic N) is 2. The molecule has 0 aromatic heterocycles. The van der Waals surface area contributed by atoms with Crippen LogP contribution in [0.5, 0.6) is 0 Å². The average molecular weight is 194 g/mol. The summed E-state index contributed by atoms with van der Waals surface area (Å²) in [7, 11) is 0. The molecule has 2 unspecified atom stereocenters. The van der Waals surface area contributed by atoms with E-state index in [0.717, 1.165) is 0 Å². The number of hydrogen-bond donors (Lipinski definition) is 0. The first-order valence-electron chi connectivity index (χ1n) is 3.03. The van der Waals surface area contributed by atoms with E-state index >= 15 is 0 Å². The Balaban J connectivity index is 2.56. The molecule has 1 heterocycles. The van der Waals surface area contributed by atoms with E-state index in [1.54, 1.807) is 18.7 Å². The summed E-state index contributed by atoms with van der Waals surface area (Å²) in [6, 6.07) is 0. The summed E-state index contributed by atoms with van der Waals surface area (Å²) in [6.45, 7) is 0.572. The summed E-state index contributed by atoms with van der Waals surface area (Å²) in [6.07, 6.45) is 6.61. The molecule has 0 aromatic carbocycles. The highest BCUT2D eigenvalue weighted by atomic mass is 32.2. The van der Waals surface area contributed by atoms with Crippen molar-refractivity contribution in [2.24, 2.45) is 0 Å². The van der Waals surface area contributed by atoms with Crippen molar-refractivity contribution in [2.45, 2.75) is 0 Å². The smallest absolute Gasteiger partial charge is 0.123 e. The standard InChI is InChI=1S/C5H10N2O2S2/c1-10(8)6-4-3-5-7(6)11(2)9/h3-4H,5H2,1-2H3. The minimum Gasteiger partial charge on any atom is -0.597 e. The fraction of sp³-hybridized carbons (Fsp3) is 0.600. The van der Waals surface area contributed by atoms with Crippen LogP contribution in [0.25, 0.3) is 0 Å². The van der Waals surface area contributed by atoms with Gasteiger partial charge in [0.15, 0.2) is 0 Å². The zero-order chi connectivity index (χ0) is 8.43. The molecule has 0 aromatic rings. The van der Waals surface area contributed by atoms with Gasteiger partial charge >= 0.3 is 0 Å². The lowest BCUT2D eigenvalue weighted by atomic mass is 10.7. The Morgan fingerprint density at radius 3 is 2.27 bits per heavy atom. The van der Waals surface area contributed by atoms with E-state index in [4.69, 9.17) is 0 Å². The summed E-state index contributed by atoms with van der Waals surface area (Å²) in [5, 5.41) is 0. The maximum Gasteiger partial charge on any atom is 0.123 e. The number of rotatable bonds is 2. The molecule has 2 atom stereocenters. The molecule has 0 bridgehead atoms. The van der Waals surface area contributed by atoms with Gasteiger partial charge in [-0.15, -0.1) is 0 Å². The van der Waals surface area contributed by atoms with Crippen molar-refractivity contribution >= 4 is 22.7 Å². The van der Waals surface area contributed by atoms with Gasteiger partial charge in [-0.2, -0.15) is 0 Å². The fourth-order valence-corrected chi connectivity index (χ4v) is 2.54. The Labute approximate surface area is 72.5 Å². The van der Waals surface area contributed by atoms with Gasteiger partial charge in [0.05, 0.1) is 35.5 Å². The second kappa shape index (κ2) is 3.68. The molecule has 64 valence electrons. The topological polar surface area (TPSA) is 52.6 Å². The highest BCUT2D eigenvalue weighted by molar-refractivity contribution is 7.91. The molecule has 6 heteroatoms. The van der Waals surface area contributed by atoms with Crippen LogP contribution in [0.1, 0.15) is 0 Å². The van der Waals surface area contributed by atoms with Gasteiger partial charge in [-0.25, -0.2) is 0 Å². The van der Waals surface area contributed by atoms with Crippen LogP contribution in [0.15, 0.2) is 12.3 Å². The minimum absolute atomic E-state index is 0.572. The predicted octanol–water partition coefficient (Wildman–Crippen LogP) is -0.380. The zero-order valence-corrected chi connectivity index (χ0v) is 8.02. The molecule has 11 heavy (non-hydrogen) atoms. The SMILES string of the molecule is C[S+]([O-])N1C=CCN1[S+](C)[O-]. The third-order valence-corrected chi connectivity index (χ3v) is 3.14. The predicted molar refractivity (Wildman–Crippen MR) is 45.8 cm³/mol. The Morgan fingerprint density at radius 2 is 1.91 bits per heavy atom. The summed E-state index contributed by atoms with van der Waals surface area (Å²) in [4.78, 5) is 0. The molecule has 1 aliphatic heterocycles. The monoisotopic (exact) mass is 194 g/mol. The highest BCUT2D eigenvalue weighted by Gasteiger charge is 2.30. The first-order chi connectivity index (χ1) is 5.13. The summed E-state index contributed by atoms with van der Waals surface area (Å²) >= 11 is -2.20. The van der Waals surface area contributed by atoms with Crippen molar-refractivity contribution in [1.29, 1.82) is 0 Å². The van der Waals surface area contributed by atoms with Crippen LogP contribution in [0.2, 0.25) is 0 Å². The molecular weight excluding hydrogens is 184 g/mol. The van der Waals surface area contributed by atoms with E-state index < -0.39 is 22.7 Å². The fourth-order valence-electron chi connectivity index (χ4n) is 0.815. The summed E-state index contributed by atoms with van der Waals surface area (Å²) in [5.74, 6) is 0. The molecule has 0 N–H and O–H groups in total. The van der Waals surface area contributed by atoms with Crippen molar-refractivity contribution in [3.63, 3.8) is 0 Å². The normalized spacial score (nSPS) is 24.2. The van der Waals surface area contributed by atoms with Crippen molar-refractivity contribution in [1.82, 2.24) is 8.83 Å². The molecule has 0 amide bonds. The molecule has 0 fully saturated rings. The largest absolute Gasteiger partial charge is 0.597 e. The Kier molecular flexibility index (Phi) is 3.08. The second-order valence-electron chi connectivity index (χ2n) is 2.07. The van der Waals surface area contributed by atoms with Crippen molar-refractivity contribution < 1.29 is 9.11 Å². The van der Waals surface area contributed by atoms with Gasteiger partial charge in [0.2, 0.25) is 0 Å². The van der Waals surface area contributed by atoms with Gasteiger partial charge in [-0.05, 0) is 6.08 Å². The molecule has 0 spiro atoms. The van der Waals surface area contributed by atoms with Gasteiger partial charge in [-0.3, -0.25) is 0 Å². The van der Waals surface area contributed by atoms with Crippen molar-refractivity contribution in [2.75, 3.05) is 19.1 Å². The van der Waals surface area contributed by atoms with E-state index in [9.17, 15) is 9.11 Å². The molecule has 0 saturated carbocycles. The third-order valence-electron chi connectivity index (χ3n) is 1.27. The first kappa shape index (κ1) is 9.21. The molecular formula is C5H10N2O2S2. The minimum atomic E-state index is -1.11. The lowest BCUT2D eigenvalue weighted by molar-refractivity contribution is 0.266. The molecule has 0 saturated heterocycles. The van der Waals surface area contributed by atoms with Crippen LogP contribution < -0.4 is 0 Å². The van der Waals surface area contributed by atoms with Crippen LogP contribution in [-0.4, -0.2) is 37.0 Å². The van der Waals surface area contributed by atoms with Gasteiger partial charge < -0.3 is 9.11 Å². The van der Waals surface area contributed by atoms with Crippen molar-refractivity contribution in [3.05, 3.63) is 12.3 Å². The van der Waals surface area contributed by atoms with Gasteiger partial charge in [0.25, 0.3) is 0 Å². The third kappa shape index (κ3) is 2.03. The van der Waals surface area contributed by atoms with E-state index in [1.807, 2.05) is 6.08 Å². The summed E-state index contributed by atoms with van der Waals surface area (Å²) in [5.41, 5.74) is 0. The van der Waals surface area contributed by atoms with E-state index in [0.29, 0.717) is 6.54 Å². The molecule has 0 radical (unpaired) electrons. The summed E-state index contributed by atoms with van der Waals surface area (Å²) < 4.78 is 25.0. The van der Waals surface area contributed by atoms with Crippen LogP contribution >= 0.6 is 0 Å². The molecule has 1 aliphatic rings. The maximum atomic E-state index is 11.0. The van der Waals surface area contributed by atoms with Crippen LogP contribution in [0, 0.1) is 0 Å². The number of hydrazine groups is 1. The second-order valence-corrected chi connectivity index (χ2v) is 4.56. The van der Waals surface area contributed by atoms with Crippen molar-refractivity contribution in [3.8, 4) is 0 Å². The average Bonchev–Trinajstić information content (AvgIpc) is 2.32.